The van der Waals surface area contributed by atoms with Crippen LogP contribution in [0.5, 0.6) is 5.75 Å². The Balaban J connectivity index is 1.12. The van der Waals surface area contributed by atoms with E-state index >= 15 is 0 Å². The Morgan fingerprint density at radius 3 is 2.45 bits per heavy atom. The number of ether oxygens (including phenoxy) is 1. The van der Waals surface area contributed by atoms with Gasteiger partial charge in [-0.2, -0.15) is 0 Å². The lowest BCUT2D eigenvalue weighted by molar-refractivity contribution is -0.120. The Labute approximate surface area is 249 Å². The van der Waals surface area contributed by atoms with Crippen molar-refractivity contribution in [2.75, 3.05) is 23.9 Å². The fraction of sp³-hybridized carbons (Fsp3) is 0.312. The van der Waals surface area contributed by atoms with Crippen LogP contribution in [0.1, 0.15) is 46.5 Å². The van der Waals surface area contributed by atoms with Crippen LogP contribution in [0, 0.1) is 12.8 Å². The molecule has 2 amide bonds. The monoisotopic (exact) mass is 603 g/mol. The molecule has 1 aromatic heterocycles. The zero-order chi connectivity index (χ0) is 29.4. The van der Waals surface area contributed by atoms with Crippen LogP contribution in [0.25, 0.3) is 10.8 Å². The van der Waals surface area contributed by atoms with E-state index in [1.165, 1.54) is 11.3 Å². The summed E-state index contributed by atoms with van der Waals surface area (Å²) in [4.78, 5) is 29.4. The first-order chi connectivity index (χ1) is 20.2. The number of hydrogen-bond acceptors (Lipinski definition) is 6. The molecule has 0 unspecified atom stereocenters. The summed E-state index contributed by atoms with van der Waals surface area (Å²) in [6, 6.07) is 20.5. The molecular weight excluding hydrogens is 571 g/mol. The summed E-state index contributed by atoms with van der Waals surface area (Å²) >= 11 is 1.26. The van der Waals surface area contributed by atoms with Crippen LogP contribution in [-0.2, 0) is 21.2 Å². The average molecular weight is 604 g/mol. The van der Waals surface area contributed by atoms with Crippen molar-refractivity contribution < 1.29 is 22.7 Å². The molecule has 2 heterocycles. The third-order valence-corrected chi connectivity index (χ3v) is 11.2. The molecule has 0 saturated heterocycles. The molecule has 1 saturated carbocycles. The topological polar surface area (TPSA) is 105 Å². The van der Waals surface area contributed by atoms with E-state index in [2.05, 4.69) is 10.0 Å². The van der Waals surface area contributed by atoms with E-state index in [0.717, 1.165) is 32.6 Å². The molecule has 0 spiro atoms. The van der Waals surface area contributed by atoms with E-state index < -0.39 is 10.0 Å². The fourth-order valence-corrected chi connectivity index (χ4v) is 8.56. The lowest BCUT2D eigenvalue weighted by Gasteiger charge is -2.28. The molecule has 42 heavy (non-hydrogen) atoms. The summed E-state index contributed by atoms with van der Waals surface area (Å²) in [5, 5.41) is 4.81. The third-order valence-electron chi connectivity index (χ3n) is 8.23. The maximum absolute atomic E-state index is 13.4. The predicted molar refractivity (Wildman–Crippen MR) is 166 cm³/mol. The van der Waals surface area contributed by atoms with Gasteiger partial charge in [0.05, 0.1) is 12.8 Å². The van der Waals surface area contributed by atoms with Crippen molar-refractivity contribution in [3.8, 4) is 5.75 Å². The predicted octanol–water partition coefficient (Wildman–Crippen LogP) is 5.90. The molecule has 3 aromatic carbocycles. The number of hydrogen-bond donors (Lipinski definition) is 2. The smallest absolute Gasteiger partial charge is 0.259 e. The Morgan fingerprint density at radius 1 is 1.00 bits per heavy atom. The zero-order valence-corrected chi connectivity index (χ0v) is 25.2. The summed E-state index contributed by atoms with van der Waals surface area (Å²) in [5.74, 6) is 0.475. The molecular formula is C32H33N3O5S2. The number of carbonyl (C=O) groups excluding carboxylic acids is 2. The van der Waals surface area contributed by atoms with E-state index in [0.29, 0.717) is 54.1 Å². The van der Waals surface area contributed by atoms with Crippen LogP contribution in [0.2, 0.25) is 0 Å². The van der Waals surface area contributed by atoms with Gasteiger partial charge >= 0.3 is 0 Å². The van der Waals surface area contributed by atoms with E-state index in [1.54, 1.807) is 19.2 Å². The van der Waals surface area contributed by atoms with Crippen molar-refractivity contribution in [1.29, 1.82) is 0 Å². The molecule has 218 valence electrons. The molecule has 0 radical (unpaired) electrons. The van der Waals surface area contributed by atoms with Crippen molar-refractivity contribution in [2.24, 2.45) is 5.92 Å². The molecule has 1 aliphatic carbocycles. The largest absolute Gasteiger partial charge is 0.497 e. The molecule has 1 aliphatic heterocycles. The number of benzene rings is 3. The Morgan fingerprint density at radius 2 is 1.76 bits per heavy atom. The standard InChI is InChI=1S/C32H33N3O5S2/c1-20-6-17-29(41-20)42(38,39)34-23-11-9-22(10-12-23)31(36)33-27-15-16-28-30-25(27)4-3-5-26(30)32(37)35(28)19-18-21-7-13-24(40-2)14-8-21/h3-8,13-17,22-23,34H,9-12,18-19H2,1-2H3,(H,33,36)/t22-,23-. The summed E-state index contributed by atoms with van der Waals surface area (Å²) in [6.45, 7) is 2.42. The number of nitrogens with zero attached hydrogens (tertiary/aromatic N) is 1. The van der Waals surface area contributed by atoms with Crippen LogP contribution in [0.4, 0.5) is 11.4 Å². The summed E-state index contributed by atoms with van der Waals surface area (Å²) < 4.78 is 33.8. The van der Waals surface area contributed by atoms with Gasteiger partial charge in [0.15, 0.2) is 0 Å². The molecule has 0 atom stereocenters. The molecule has 10 heteroatoms. The van der Waals surface area contributed by atoms with Crippen LogP contribution in [0.3, 0.4) is 0 Å². The SMILES string of the molecule is COc1ccc(CCN2C(=O)c3cccc4c(NC(=O)[C@H]5CC[C@H](NS(=O)(=O)c6ccc(C)s6)CC5)ccc2c34)cc1. The number of thiophene rings is 1. The van der Waals surface area contributed by atoms with Gasteiger partial charge in [0, 0.05) is 45.4 Å². The van der Waals surface area contributed by atoms with Gasteiger partial charge in [0.1, 0.15) is 9.96 Å². The second-order valence-electron chi connectivity index (χ2n) is 10.9. The van der Waals surface area contributed by atoms with Crippen molar-refractivity contribution in [2.45, 2.75) is 49.3 Å². The van der Waals surface area contributed by atoms with Gasteiger partial charge < -0.3 is 15.0 Å². The average Bonchev–Trinajstić information content (AvgIpc) is 3.56. The van der Waals surface area contributed by atoms with Gasteiger partial charge in [0.2, 0.25) is 15.9 Å². The van der Waals surface area contributed by atoms with Crippen LogP contribution in [-0.4, -0.2) is 39.9 Å². The van der Waals surface area contributed by atoms with Gasteiger partial charge in [-0.3, -0.25) is 9.59 Å². The highest BCUT2D eigenvalue weighted by atomic mass is 32.2. The lowest BCUT2D eigenvalue weighted by Crippen LogP contribution is -2.39. The third kappa shape index (κ3) is 5.54. The van der Waals surface area contributed by atoms with Gasteiger partial charge in [-0.05, 0) is 87.1 Å². The number of amides is 2. The number of aryl methyl sites for hydroxylation is 1. The molecule has 6 rings (SSSR count). The van der Waals surface area contributed by atoms with Gasteiger partial charge in [-0.25, -0.2) is 13.1 Å². The lowest BCUT2D eigenvalue weighted by atomic mass is 9.86. The quantitative estimate of drug-likeness (QED) is 0.248. The number of nitrogens with one attached hydrogen (secondary N) is 2. The highest BCUT2D eigenvalue weighted by Crippen LogP contribution is 2.41. The van der Waals surface area contributed by atoms with Crippen LogP contribution < -0.4 is 19.7 Å². The second kappa shape index (κ2) is 11.5. The minimum atomic E-state index is -3.55. The van der Waals surface area contributed by atoms with Gasteiger partial charge in [0.25, 0.3) is 5.91 Å². The molecule has 2 N–H and O–H groups in total. The first-order valence-corrected chi connectivity index (χ1v) is 16.4. The van der Waals surface area contributed by atoms with E-state index in [-0.39, 0.29) is 23.8 Å². The Bertz CT molecular complexity index is 1760. The normalized spacial score (nSPS) is 18.4. The number of methoxy groups -OCH3 is 1. The highest BCUT2D eigenvalue weighted by molar-refractivity contribution is 7.91. The fourth-order valence-electron chi connectivity index (χ4n) is 5.95. The highest BCUT2D eigenvalue weighted by Gasteiger charge is 2.32. The van der Waals surface area contributed by atoms with E-state index in [1.807, 2.05) is 66.4 Å². The number of anilines is 2. The summed E-state index contributed by atoms with van der Waals surface area (Å²) in [6.07, 6.45) is 3.10. The van der Waals surface area contributed by atoms with Crippen molar-refractivity contribution >= 4 is 55.3 Å². The first kappa shape index (κ1) is 28.4. The maximum Gasteiger partial charge on any atom is 0.259 e. The molecule has 2 aliphatic rings. The van der Waals surface area contributed by atoms with Gasteiger partial charge in [-0.1, -0.05) is 24.3 Å². The number of sulfonamides is 1. The minimum absolute atomic E-state index is 0.0360. The van der Waals surface area contributed by atoms with Crippen LogP contribution in [0.15, 0.2) is 70.9 Å². The molecule has 8 nitrogen and oxygen atoms in total. The summed E-state index contributed by atoms with van der Waals surface area (Å²) in [7, 11) is -1.92. The molecule has 0 bridgehead atoms. The minimum Gasteiger partial charge on any atom is -0.497 e. The Hall–Kier alpha value is -3.73. The van der Waals surface area contributed by atoms with Crippen molar-refractivity contribution in [1.82, 2.24) is 4.72 Å². The molecule has 4 aromatic rings. The van der Waals surface area contributed by atoms with Crippen LogP contribution >= 0.6 is 11.3 Å². The van der Waals surface area contributed by atoms with Crippen molar-refractivity contribution in [3.05, 3.63) is 82.7 Å². The van der Waals surface area contributed by atoms with Crippen molar-refractivity contribution in [3.63, 3.8) is 0 Å². The number of rotatable bonds is 9. The first-order valence-electron chi connectivity index (χ1n) is 14.1. The van der Waals surface area contributed by atoms with E-state index in [4.69, 9.17) is 4.74 Å². The summed E-state index contributed by atoms with van der Waals surface area (Å²) in [5.41, 5.74) is 3.29. The Kier molecular flexibility index (Phi) is 7.78. The second-order valence-corrected chi connectivity index (χ2v) is 14.2. The number of carbonyl (C=O) groups is 2. The van der Waals surface area contributed by atoms with Gasteiger partial charge in [-0.15, -0.1) is 11.3 Å². The van der Waals surface area contributed by atoms with E-state index in [9.17, 15) is 18.0 Å². The maximum atomic E-state index is 13.4. The zero-order valence-electron chi connectivity index (χ0n) is 23.6. The molecule has 1 fully saturated rings.